The third kappa shape index (κ3) is 7.41. The predicted molar refractivity (Wildman–Crippen MR) is 158 cm³/mol. The van der Waals surface area contributed by atoms with Crippen molar-refractivity contribution >= 4 is 15.9 Å². The van der Waals surface area contributed by atoms with Gasteiger partial charge in [-0.25, -0.2) is 13.2 Å². The number of nitrogens with zero attached hydrogens (tertiary/aromatic N) is 1. The van der Waals surface area contributed by atoms with Crippen molar-refractivity contribution < 1.29 is 13.2 Å². The summed E-state index contributed by atoms with van der Waals surface area (Å²) in [6.07, 6.45) is 2.02. The minimum absolute atomic E-state index is 0.134. The van der Waals surface area contributed by atoms with E-state index in [0.29, 0.717) is 17.9 Å². The lowest BCUT2D eigenvalue weighted by atomic mass is 9.98. The second kappa shape index (κ2) is 13.0. The molecule has 0 unspecified atom stereocenters. The second-order valence-corrected chi connectivity index (χ2v) is 13.1. The molecule has 1 aliphatic rings. The van der Waals surface area contributed by atoms with Gasteiger partial charge in [0.15, 0.2) is 0 Å². The molecule has 11 heteroatoms. The molecule has 2 aromatic carbocycles. The summed E-state index contributed by atoms with van der Waals surface area (Å²) in [5.41, 5.74) is 2.41. The van der Waals surface area contributed by atoms with Gasteiger partial charge in [-0.15, -0.1) is 0 Å². The van der Waals surface area contributed by atoms with Gasteiger partial charge in [-0.1, -0.05) is 64.1 Å². The lowest BCUT2D eigenvalue weighted by molar-refractivity contribution is -0.126. The van der Waals surface area contributed by atoms with Gasteiger partial charge in [0.1, 0.15) is 6.04 Å². The monoisotopic (exact) mass is 581 g/mol. The number of carbonyl (C=O) groups is 1. The molecule has 0 saturated carbocycles. The Bertz CT molecular complexity index is 1560. The molecule has 0 aliphatic carbocycles. The first-order valence-corrected chi connectivity index (χ1v) is 15.4. The highest BCUT2D eigenvalue weighted by Gasteiger charge is 2.40. The average molecular weight is 582 g/mol. The van der Waals surface area contributed by atoms with E-state index in [-0.39, 0.29) is 48.8 Å². The number of carbonyl (C=O) groups excluding carboxylic acids is 1. The van der Waals surface area contributed by atoms with Crippen LogP contribution >= 0.6 is 0 Å². The standard InChI is InChI=1S/C30H39N5O5S/c1-19(2)22-7-5-21(6-8-22)16-32-29(37)27-15-25(31-17-24-18-33-30(38)34-28(24)36)13-14-35(27)41(39,40)26-11-9-23(10-12-26)20(3)4/h5-12,18-20,25,27,31H,13-17H2,1-4H3,(H,32,37)(H2,33,34,36,38)/t25-,27-/m1/s1. The molecule has 41 heavy (non-hydrogen) atoms. The molecule has 0 spiro atoms. The summed E-state index contributed by atoms with van der Waals surface area (Å²) in [7, 11) is -3.95. The highest BCUT2D eigenvalue weighted by Crippen LogP contribution is 2.27. The minimum atomic E-state index is -3.95. The van der Waals surface area contributed by atoms with E-state index in [2.05, 4.69) is 34.4 Å². The van der Waals surface area contributed by atoms with Gasteiger partial charge in [-0.05, 0) is 53.5 Å². The molecular formula is C30H39N5O5S. The molecule has 1 saturated heterocycles. The fourth-order valence-corrected chi connectivity index (χ4v) is 6.58. The smallest absolute Gasteiger partial charge is 0.325 e. The number of H-pyrrole nitrogens is 2. The Morgan fingerprint density at radius 2 is 1.56 bits per heavy atom. The normalized spacial score (nSPS) is 18.1. The van der Waals surface area contributed by atoms with E-state index < -0.39 is 27.3 Å². The minimum Gasteiger partial charge on any atom is -0.351 e. The Morgan fingerprint density at radius 3 is 2.15 bits per heavy atom. The van der Waals surface area contributed by atoms with Crippen LogP contribution < -0.4 is 21.9 Å². The fourth-order valence-electron chi connectivity index (χ4n) is 4.97. The zero-order chi connectivity index (χ0) is 29.7. The SMILES string of the molecule is CC(C)c1ccc(CNC(=O)[C@H]2C[C@H](NCc3c[nH]c(=O)[nH]c3=O)CCN2S(=O)(=O)c2ccc(C(C)C)cc2)cc1. The van der Waals surface area contributed by atoms with Crippen molar-refractivity contribution in [3.63, 3.8) is 0 Å². The topological polar surface area (TPSA) is 144 Å². The third-order valence-corrected chi connectivity index (χ3v) is 9.52. The number of piperidine rings is 1. The van der Waals surface area contributed by atoms with E-state index in [1.807, 2.05) is 50.2 Å². The summed E-state index contributed by atoms with van der Waals surface area (Å²) >= 11 is 0. The van der Waals surface area contributed by atoms with Gasteiger partial charge in [0.2, 0.25) is 15.9 Å². The molecule has 2 heterocycles. The van der Waals surface area contributed by atoms with E-state index in [0.717, 1.165) is 11.1 Å². The molecule has 4 rings (SSSR count). The van der Waals surface area contributed by atoms with Crippen LogP contribution in [0.2, 0.25) is 0 Å². The Morgan fingerprint density at radius 1 is 0.951 bits per heavy atom. The van der Waals surface area contributed by atoms with Gasteiger partial charge >= 0.3 is 5.69 Å². The molecule has 10 nitrogen and oxygen atoms in total. The first kappa shape index (κ1) is 30.4. The van der Waals surface area contributed by atoms with E-state index >= 15 is 0 Å². The Kier molecular flexibility index (Phi) is 9.62. The van der Waals surface area contributed by atoms with Gasteiger partial charge in [0.05, 0.1) is 4.90 Å². The first-order valence-electron chi connectivity index (χ1n) is 14.0. The molecule has 220 valence electrons. The molecule has 1 aliphatic heterocycles. The van der Waals surface area contributed by atoms with Crippen molar-refractivity contribution in [1.82, 2.24) is 24.9 Å². The fraction of sp³-hybridized carbons (Fsp3) is 0.433. The van der Waals surface area contributed by atoms with Crippen molar-refractivity contribution in [1.29, 1.82) is 0 Å². The number of amides is 1. The second-order valence-electron chi connectivity index (χ2n) is 11.2. The Balaban J connectivity index is 1.53. The van der Waals surface area contributed by atoms with Gasteiger partial charge in [0, 0.05) is 37.4 Å². The maximum Gasteiger partial charge on any atom is 0.325 e. The number of sulfonamides is 1. The summed E-state index contributed by atoms with van der Waals surface area (Å²) in [6.45, 7) is 8.88. The van der Waals surface area contributed by atoms with Gasteiger partial charge in [-0.3, -0.25) is 14.6 Å². The molecule has 1 fully saturated rings. The lowest BCUT2D eigenvalue weighted by Gasteiger charge is -2.38. The van der Waals surface area contributed by atoms with Crippen LogP contribution in [0.1, 0.15) is 74.6 Å². The number of hydrogen-bond acceptors (Lipinski definition) is 6. The van der Waals surface area contributed by atoms with Crippen molar-refractivity contribution in [3.05, 3.63) is 97.8 Å². The molecule has 0 radical (unpaired) electrons. The molecule has 2 atom stereocenters. The predicted octanol–water partition coefficient (Wildman–Crippen LogP) is 2.94. The summed E-state index contributed by atoms with van der Waals surface area (Å²) in [5.74, 6) is 0.274. The molecule has 1 aromatic heterocycles. The van der Waals surface area contributed by atoms with Gasteiger partial charge < -0.3 is 15.6 Å². The van der Waals surface area contributed by atoms with Crippen LogP contribution in [-0.4, -0.2) is 47.2 Å². The van der Waals surface area contributed by atoms with Crippen LogP contribution in [0.25, 0.3) is 0 Å². The summed E-state index contributed by atoms with van der Waals surface area (Å²) in [5, 5.41) is 6.20. The maximum absolute atomic E-state index is 13.8. The first-order chi connectivity index (χ1) is 19.5. The zero-order valence-corrected chi connectivity index (χ0v) is 24.8. The number of hydrogen-bond donors (Lipinski definition) is 4. The van der Waals surface area contributed by atoms with Crippen LogP contribution in [0.5, 0.6) is 0 Å². The van der Waals surface area contributed by atoms with Crippen LogP contribution in [0.3, 0.4) is 0 Å². The van der Waals surface area contributed by atoms with Crippen LogP contribution in [0.15, 0.2) is 69.2 Å². The molecule has 0 bridgehead atoms. The van der Waals surface area contributed by atoms with Crippen LogP contribution in [0.4, 0.5) is 0 Å². The maximum atomic E-state index is 13.8. The number of nitrogens with one attached hydrogen (secondary N) is 4. The quantitative estimate of drug-likeness (QED) is 0.290. The highest BCUT2D eigenvalue weighted by molar-refractivity contribution is 7.89. The largest absolute Gasteiger partial charge is 0.351 e. The summed E-state index contributed by atoms with van der Waals surface area (Å²) in [6, 6.07) is 13.6. The molecule has 3 aromatic rings. The Labute approximate surface area is 240 Å². The van der Waals surface area contributed by atoms with Crippen molar-refractivity contribution in [2.45, 2.75) is 82.4 Å². The van der Waals surface area contributed by atoms with Crippen molar-refractivity contribution in [3.8, 4) is 0 Å². The van der Waals surface area contributed by atoms with Gasteiger partial charge in [-0.2, -0.15) is 4.31 Å². The summed E-state index contributed by atoms with van der Waals surface area (Å²) < 4.78 is 28.8. The summed E-state index contributed by atoms with van der Waals surface area (Å²) in [4.78, 5) is 41.8. The molecule has 4 N–H and O–H groups in total. The lowest BCUT2D eigenvalue weighted by Crippen LogP contribution is -2.56. The number of aromatic nitrogens is 2. The number of aromatic amines is 2. The third-order valence-electron chi connectivity index (χ3n) is 7.60. The van der Waals surface area contributed by atoms with Crippen LogP contribution in [0, 0.1) is 0 Å². The number of rotatable bonds is 10. The average Bonchev–Trinajstić information content (AvgIpc) is 2.95. The van der Waals surface area contributed by atoms with E-state index in [1.165, 1.54) is 16.1 Å². The van der Waals surface area contributed by atoms with Crippen LogP contribution in [-0.2, 0) is 27.9 Å². The zero-order valence-electron chi connectivity index (χ0n) is 23.9. The van der Waals surface area contributed by atoms with E-state index in [4.69, 9.17) is 0 Å². The number of benzene rings is 2. The van der Waals surface area contributed by atoms with E-state index in [9.17, 15) is 22.8 Å². The molecular weight excluding hydrogens is 542 g/mol. The van der Waals surface area contributed by atoms with Crippen molar-refractivity contribution in [2.24, 2.45) is 0 Å². The highest BCUT2D eigenvalue weighted by atomic mass is 32.2. The van der Waals surface area contributed by atoms with Gasteiger partial charge in [0.25, 0.3) is 5.56 Å². The van der Waals surface area contributed by atoms with E-state index in [1.54, 1.807) is 12.1 Å². The Hall–Kier alpha value is -3.54. The van der Waals surface area contributed by atoms with Crippen molar-refractivity contribution in [2.75, 3.05) is 6.54 Å². The molecule has 1 amide bonds.